The molecule has 0 spiro atoms. The van der Waals surface area contributed by atoms with Crippen molar-refractivity contribution in [3.63, 3.8) is 0 Å². The third kappa shape index (κ3) is 5.84. The first kappa shape index (κ1) is 19.5. The maximum Gasteiger partial charge on any atom is 0.256 e. The van der Waals surface area contributed by atoms with Gasteiger partial charge in [-0.05, 0) is 50.7 Å². The molecule has 0 bridgehead atoms. The molecule has 0 aliphatic heterocycles. The predicted molar refractivity (Wildman–Crippen MR) is 94.1 cm³/mol. The molecule has 0 radical (unpaired) electrons. The van der Waals surface area contributed by atoms with Crippen molar-refractivity contribution in [2.24, 2.45) is 0 Å². The van der Waals surface area contributed by atoms with Crippen LogP contribution in [-0.4, -0.2) is 49.8 Å². The molecule has 0 heterocycles. The summed E-state index contributed by atoms with van der Waals surface area (Å²) < 4.78 is 11.0. The molecule has 0 aliphatic carbocycles. The minimum Gasteiger partial charge on any atom is -0.492 e. The molecule has 5 nitrogen and oxygen atoms in total. The molecule has 0 aliphatic rings. The number of amides is 1. The fraction of sp³-hybridized carbons (Fsp3) is 0.611. The molecule has 1 amide bonds. The van der Waals surface area contributed by atoms with Crippen LogP contribution in [0.5, 0.6) is 5.75 Å². The number of rotatable bonds is 10. The maximum absolute atomic E-state index is 12.2. The molecule has 0 unspecified atom stereocenters. The molecule has 23 heavy (non-hydrogen) atoms. The highest BCUT2D eigenvalue weighted by molar-refractivity contribution is 5.97. The fourth-order valence-electron chi connectivity index (χ4n) is 2.13. The third-order valence-corrected chi connectivity index (χ3v) is 4.29. The minimum atomic E-state index is -0.807. The van der Waals surface area contributed by atoms with E-state index in [0.29, 0.717) is 13.0 Å². The fourth-order valence-corrected chi connectivity index (χ4v) is 2.13. The topological polar surface area (TPSA) is 50.8 Å². The van der Waals surface area contributed by atoms with Gasteiger partial charge in [0.05, 0.1) is 0 Å². The summed E-state index contributed by atoms with van der Waals surface area (Å²) in [4.78, 5) is 14.5. The van der Waals surface area contributed by atoms with Gasteiger partial charge in [0.15, 0.2) is 0 Å². The Hall–Kier alpha value is -1.59. The van der Waals surface area contributed by atoms with Crippen LogP contribution < -0.4 is 10.1 Å². The van der Waals surface area contributed by atoms with Crippen LogP contribution in [0.3, 0.4) is 0 Å². The van der Waals surface area contributed by atoms with E-state index in [1.54, 1.807) is 14.0 Å². The molecule has 1 rings (SSSR count). The first-order valence-corrected chi connectivity index (χ1v) is 8.30. The summed E-state index contributed by atoms with van der Waals surface area (Å²) in [7, 11) is 1.55. The van der Waals surface area contributed by atoms with Gasteiger partial charge >= 0.3 is 0 Å². The maximum atomic E-state index is 12.2. The number of methoxy groups -OCH3 is 1. The van der Waals surface area contributed by atoms with Gasteiger partial charge in [0.1, 0.15) is 18.0 Å². The van der Waals surface area contributed by atoms with E-state index in [4.69, 9.17) is 9.47 Å². The second-order valence-electron chi connectivity index (χ2n) is 5.64. The van der Waals surface area contributed by atoms with Crippen molar-refractivity contribution in [1.82, 2.24) is 4.90 Å². The Kier molecular flexibility index (Phi) is 8.06. The van der Waals surface area contributed by atoms with Crippen LogP contribution in [0.2, 0.25) is 0 Å². The lowest BCUT2D eigenvalue weighted by Gasteiger charge is -2.25. The molecule has 1 aromatic carbocycles. The Morgan fingerprint density at radius 3 is 2.26 bits per heavy atom. The van der Waals surface area contributed by atoms with Crippen molar-refractivity contribution in [1.29, 1.82) is 0 Å². The van der Waals surface area contributed by atoms with Crippen LogP contribution in [0.1, 0.15) is 34.1 Å². The number of nitrogens with one attached hydrogen (secondary N) is 1. The highest BCUT2D eigenvalue weighted by Crippen LogP contribution is 2.20. The number of benzene rings is 1. The minimum absolute atomic E-state index is 0.141. The van der Waals surface area contributed by atoms with Gasteiger partial charge in [0, 0.05) is 19.3 Å². The van der Waals surface area contributed by atoms with E-state index in [1.807, 2.05) is 31.2 Å². The Labute approximate surface area is 140 Å². The molecular weight excluding hydrogens is 292 g/mol. The SMILES string of the molecule is CCN(CC)CCOc1ccc(NC(=O)[C@@](C)(CC)OC)cc1. The van der Waals surface area contributed by atoms with Crippen molar-refractivity contribution in [2.45, 2.75) is 39.7 Å². The van der Waals surface area contributed by atoms with E-state index < -0.39 is 5.60 Å². The number of carbonyl (C=O) groups is 1. The van der Waals surface area contributed by atoms with Crippen LogP contribution in [0.4, 0.5) is 5.69 Å². The number of anilines is 1. The lowest BCUT2D eigenvalue weighted by Crippen LogP contribution is -2.41. The van der Waals surface area contributed by atoms with Gasteiger partial charge in [-0.1, -0.05) is 20.8 Å². The molecule has 130 valence electrons. The zero-order valence-electron chi connectivity index (χ0n) is 15.0. The normalized spacial score (nSPS) is 13.7. The monoisotopic (exact) mass is 322 g/mol. The molecular formula is C18H30N2O3. The highest BCUT2D eigenvalue weighted by atomic mass is 16.5. The van der Waals surface area contributed by atoms with Crippen molar-refractivity contribution in [3.8, 4) is 5.75 Å². The van der Waals surface area contributed by atoms with Crippen molar-refractivity contribution in [3.05, 3.63) is 24.3 Å². The third-order valence-electron chi connectivity index (χ3n) is 4.29. The average molecular weight is 322 g/mol. The standard InChI is InChI=1S/C18H30N2O3/c1-6-18(4,22-5)17(21)19-15-9-11-16(12-10-15)23-14-13-20(7-2)8-3/h9-12H,6-8,13-14H2,1-5H3,(H,19,21)/t18-/m1/s1. The van der Waals surface area contributed by atoms with E-state index in [9.17, 15) is 4.79 Å². The second-order valence-corrected chi connectivity index (χ2v) is 5.64. The lowest BCUT2D eigenvalue weighted by molar-refractivity contribution is -0.136. The Balaban J connectivity index is 2.52. The van der Waals surface area contributed by atoms with Crippen LogP contribution in [0, 0.1) is 0 Å². The van der Waals surface area contributed by atoms with Gasteiger partial charge in [-0.2, -0.15) is 0 Å². The van der Waals surface area contributed by atoms with E-state index in [2.05, 4.69) is 24.1 Å². The summed E-state index contributed by atoms with van der Waals surface area (Å²) >= 11 is 0. The molecule has 0 saturated heterocycles. The van der Waals surface area contributed by atoms with Crippen LogP contribution in [0.15, 0.2) is 24.3 Å². The largest absolute Gasteiger partial charge is 0.492 e. The molecule has 5 heteroatoms. The van der Waals surface area contributed by atoms with Crippen LogP contribution in [0.25, 0.3) is 0 Å². The zero-order chi connectivity index (χ0) is 17.3. The van der Waals surface area contributed by atoms with Crippen molar-refractivity contribution < 1.29 is 14.3 Å². The number of hydrogen-bond acceptors (Lipinski definition) is 4. The Morgan fingerprint density at radius 1 is 1.17 bits per heavy atom. The Bertz CT molecular complexity index is 466. The molecule has 1 N–H and O–H groups in total. The predicted octanol–water partition coefficient (Wildman–Crippen LogP) is 3.16. The number of nitrogens with zero attached hydrogens (tertiary/aromatic N) is 1. The zero-order valence-corrected chi connectivity index (χ0v) is 15.0. The quantitative estimate of drug-likeness (QED) is 0.719. The molecule has 1 atom stereocenters. The van der Waals surface area contributed by atoms with Gasteiger partial charge in [-0.25, -0.2) is 0 Å². The van der Waals surface area contributed by atoms with Gasteiger partial charge in [0.25, 0.3) is 5.91 Å². The summed E-state index contributed by atoms with van der Waals surface area (Å²) in [6, 6.07) is 7.43. The first-order valence-electron chi connectivity index (χ1n) is 8.30. The smallest absolute Gasteiger partial charge is 0.256 e. The van der Waals surface area contributed by atoms with Crippen LogP contribution >= 0.6 is 0 Å². The van der Waals surface area contributed by atoms with Gasteiger partial charge in [-0.15, -0.1) is 0 Å². The van der Waals surface area contributed by atoms with Gasteiger partial charge in [0.2, 0.25) is 0 Å². The summed E-state index contributed by atoms with van der Waals surface area (Å²) in [5.74, 6) is 0.665. The van der Waals surface area contributed by atoms with E-state index in [-0.39, 0.29) is 5.91 Å². The summed E-state index contributed by atoms with van der Waals surface area (Å²) in [5.41, 5.74) is -0.0679. The average Bonchev–Trinajstić information content (AvgIpc) is 2.59. The number of likely N-dealkylation sites (N-methyl/N-ethyl adjacent to an activating group) is 1. The van der Waals surface area contributed by atoms with Gasteiger partial charge < -0.3 is 19.7 Å². The van der Waals surface area contributed by atoms with Crippen LogP contribution in [-0.2, 0) is 9.53 Å². The van der Waals surface area contributed by atoms with Crippen molar-refractivity contribution >= 4 is 11.6 Å². The first-order chi connectivity index (χ1) is 11.0. The van der Waals surface area contributed by atoms with Crippen molar-refractivity contribution in [2.75, 3.05) is 38.7 Å². The Morgan fingerprint density at radius 2 is 1.78 bits per heavy atom. The number of carbonyl (C=O) groups excluding carboxylic acids is 1. The molecule has 0 saturated carbocycles. The second kappa shape index (κ2) is 9.53. The summed E-state index contributed by atoms with van der Waals surface area (Å²) in [6.45, 7) is 11.6. The van der Waals surface area contributed by atoms with E-state index >= 15 is 0 Å². The van der Waals surface area contributed by atoms with E-state index in [0.717, 1.165) is 31.1 Å². The van der Waals surface area contributed by atoms with E-state index in [1.165, 1.54) is 0 Å². The number of hydrogen-bond donors (Lipinski definition) is 1. The number of ether oxygens (including phenoxy) is 2. The molecule has 0 fully saturated rings. The highest BCUT2D eigenvalue weighted by Gasteiger charge is 2.30. The summed E-state index contributed by atoms with van der Waals surface area (Å²) in [6.07, 6.45) is 0.613. The molecule has 0 aromatic heterocycles. The summed E-state index contributed by atoms with van der Waals surface area (Å²) in [5, 5.41) is 2.88. The molecule has 1 aromatic rings. The lowest BCUT2D eigenvalue weighted by atomic mass is 10.0. The van der Waals surface area contributed by atoms with Gasteiger partial charge in [-0.3, -0.25) is 4.79 Å².